The van der Waals surface area contributed by atoms with Crippen LogP contribution in [0.25, 0.3) is 27.6 Å². The summed E-state index contributed by atoms with van der Waals surface area (Å²) in [6.45, 7) is 1.80. The zero-order valence-electron chi connectivity index (χ0n) is 18.1. The van der Waals surface area contributed by atoms with Crippen LogP contribution in [0, 0.1) is 0 Å². The fourth-order valence-corrected chi connectivity index (χ4v) is 4.45. The number of amides is 1. The molecule has 0 spiro atoms. The number of alkyl halides is 3. The van der Waals surface area contributed by atoms with E-state index in [2.05, 4.69) is 19.7 Å². The van der Waals surface area contributed by atoms with Gasteiger partial charge < -0.3 is 5.32 Å². The second kappa shape index (κ2) is 8.58. The Morgan fingerprint density at radius 2 is 1.86 bits per heavy atom. The lowest BCUT2D eigenvalue weighted by Crippen LogP contribution is -2.27. The molecule has 0 unspecified atom stereocenters. The van der Waals surface area contributed by atoms with E-state index in [1.807, 2.05) is 6.07 Å². The molecule has 1 atom stereocenters. The number of nitrogens with one attached hydrogen (secondary N) is 1. The van der Waals surface area contributed by atoms with E-state index >= 15 is 0 Å². The Morgan fingerprint density at radius 3 is 2.54 bits per heavy atom. The summed E-state index contributed by atoms with van der Waals surface area (Å²) in [6.07, 6.45) is -1.54. The van der Waals surface area contributed by atoms with Gasteiger partial charge in [-0.2, -0.15) is 17.5 Å². The molecule has 7 nitrogen and oxygen atoms in total. The van der Waals surface area contributed by atoms with Crippen LogP contribution in [0.5, 0.6) is 0 Å². The van der Waals surface area contributed by atoms with E-state index in [4.69, 9.17) is 0 Å². The SMILES string of the molecule is C[C@H](NC(=O)c1cnc2c(c1)c1csnc1c(=O)n2-c1ccc(C(F)(F)F)cc1)c1ccccn1. The smallest absolute Gasteiger partial charge is 0.344 e. The molecule has 4 aromatic heterocycles. The summed E-state index contributed by atoms with van der Waals surface area (Å²) in [7, 11) is 0. The van der Waals surface area contributed by atoms with Crippen molar-refractivity contribution < 1.29 is 18.0 Å². The maximum atomic E-state index is 13.2. The maximum absolute atomic E-state index is 13.2. The number of pyridine rings is 3. The highest BCUT2D eigenvalue weighted by Crippen LogP contribution is 2.30. The van der Waals surface area contributed by atoms with Crippen molar-refractivity contribution in [2.24, 2.45) is 0 Å². The molecule has 0 bridgehead atoms. The Morgan fingerprint density at radius 1 is 1.09 bits per heavy atom. The number of aromatic nitrogens is 4. The molecule has 0 saturated heterocycles. The largest absolute Gasteiger partial charge is 0.416 e. The molecule has 1 amide bonds. The summed E-state index contributed by atoms with van der Waals surface area (Å²) >= 11 is 1.07. The van der Waals surface area contributed by atoms with E-state index in [1.54, 1.807) is 36.7 Å². The van der Waals surface area contributed by atoms with Crippen molar-refractivity contribution in [2.75, 3.05) is 0 Å². The van der Waals surface area contributed by atoms with Gasteiger partial charge in [0.2, 0.25) is 0 Å². The summed E-state index contributed by atoms with van der Waals surface area (Å²) in [6, 6.07) is 10.9. The van der Waals surface area contributed by atoms with Gasteiger partial charge in [0.15, 0.2) is 5.52 Å². The number of benzene rings is 1. The fraction of sp³-hybridized carbons (Fsp3) is 0.125. The minimum absolute atomic E-state index is 0.142. The summed E-state index contributed by atoms with van der Waals surface area (Å²) < 4.78 is 44.4. The number of rotatable bonds is 4. The first kappa shape index (κ1) is 22.7. The van der Waals surface area contributed by atoms with Crippen LogP contribution < -0.4 is 10.9 Å². The summed E-state index contributed by atoms with van der Waals surface area (Å²) in [5, 5.41) is 5.53. The monoisotopic (exact) mass is 495 g/mol. The number of halogens is 3. The molecule has 176 valence electrons. The number of carbonyl (C=O) groups is 1. The van der Waals surface area contributed by atoms with Crippen LogP contribution in [0.15, 0.2) is 71.1 Å². The minimum Gasteiger partial charge on any atom is -0.344 e. The van der Waals surface area contributed by atoms with Crippen molar-refractivity contribution in [3.8, 4) is 5.69 Å². The van der Waals surface area contributed by atoms with Crippen LogP contribution in [-0.2, 0) is 6.18 Å². The van der Waals surface area contributed by atoms with E-state index in [0.29, 0.717) is 16.5 Å². The van der Waals surface area contributed by atoms with Gasteiger partial charge in [0.25, 0.3) is 11.5 Å². The van der Waals surface area contributed by atoms with Crippen LogP contribution in [0.1, 0.15) is 34.6 Å². The molecule has 5 aromatic rings. The maximum Gasteiger partial charge on any atom is 0.416 e. The lowest BCUT2D eigenvalue weighted by Gasteiger charge is -2.15. The lowest BCUT2D eigenvalue weighted by atomic mass is 10.1. The molecule has 4 heterocycles. The van der Waals surface area contributed by atoms with Gasteiger partial charge >= 0.3 is 6.18 Å². The van der Waals surface area contributed by atoms with Crippen molar-refractivity contribution in [1.29, 1.82) is 0 Å². The van der Waals surface area contributed by atoms with Crippen molar-refractivity contribution in [1.82, 2.24) is 24.2 Å². The van der Waals surface area contributed by atoms with Crippen molar-refractivity contribution >= 4 is 39.4 Å². The van der Waals surface area contributed by atoms with E-state index < -0.39 is 17.3 Å². The summed E-state index contributed by atoms with van der Waals surface area (Å²) in [5.41, 5.74) is 0.154. The van der Waals surface area contributed by atoms with Crippen LogP contribution in [-0.4, -0.2) is 24.8 Å². The third kappa shape index (κ3) is 4.14. The Hall–Kier alpha value is -4.12. The van der Waals surface area contributed by atoms with Gasteiger partial charge in [-0.3, -0.25) is 19.1 Å². The first-order chi connectivity index (χ1) is 16.7. The summed E-state index contributed by atoms with van der Waals surface area (Å²) in [4.78, 5) is 34.7. The van der Waals surface area contributed by atoms with Crippen LogP contribution in [0.4, 0.5) is 13.2 Å². The van der Waals surface area contributed by atoms with Crippen LogP contribution in [0.2, 0.25) is 0 Å². The van der Waals surface area contributed by atoms with Gasteiger partial charge in [-0.1, -0.05) is 6.07 Å². The predicted octanol–water partition coefficient (Wildman–Crippen LogP) is 4.90. The second-order valence-electron chi connectivity index (χ2n) is 7.81. The van der Waals surface area contributed by atoms with Gasteiger partial charge in [-0.25, -0.2) is 4.98 Å². The first-order valence-corrected chi connectivity index (χ1v) is 11.3. The van der Waals surface area contributed by atoms with E-state index in [-0.39, 0.29) is 34.4 Å². The predicted molar refractivity (Wildman–Crippen MR) is 126 cm³/mol. The molecular formula is C24H16F3N5O2S. The van der Waals surface area contributed by atoms with E-state index in [0.717, 1.165) is 23.7 Å². The van der Waals surface area contributed by atoms with E-state index in [1.165, 1.54) is 22.9 Å². The normalized spacial score (nSPS) is 12.7. The van der Waals surface area contributed by atoms with Crippen molar-refractivity contribution in [3.05, 3.63) is 93.5 Å². The number of carbonyl (C=O) groups excluding carboxylic acids is 1. The van der Waals surface area contributed by atoms with Gasteiger partial charge in [0, 0.05) is 28.5 Å². The average Bonchev–Trinajstić information content (AvgIpc) is 3.35. The van der Waals surface area contributed by atoms with Gasteiger partial charge in [-0.15, -0.1) is 0 Å². The fourth-order valence-electron chi connectivity index (χ4n) is 3.77. The molecule has 0 radical (unpaired) electrons. The molecule has 0 aliphatic rings. The topological polar surface area (TPSA) is 89.8 Å². The third-order valence-electron chi connectivity index (χ3n) is 5.54. The van der Waals surface area contributed by atoms with Crippen LogP contribution in [0.3, 0.4) is 0 Å². The highest BCUT2D eigenvalue weighted by molar-refractivity contribution is 7.04. The molecule has 0 aliphatic heterocycles. The molecule has 0 saturated carbocycles. The molecule has 0 fully saturated rings. The highest BCUT2D eigenvalue weighted by atomic mass is 32.1. The van der Waals surface area contributed by atoms with Crippen LogP contribution >= 0.6 is 11.5 Å². The number of hydrogen-bond acceptors (Lipinski definition) is 6. The van der Waals surface area contributed by atoms with E-state index in [9.17, 15) is 22.8 Å². The third-order valence-corrected chi connectivity index (χ3v) is 6.17. The number of fused-ring (bicyclic) bond motifs is 3. The molecule has 1 N–H and O–H groups in total. The zero-order valence-corrected chi connectivity index (χ0v) is 18.9. The average molecular weight is 495 g/mol. The Bertz CT molecular complexity index is 1610. The minimum atomic E-state index is -4.50. The van der Waals surface area contributed by atoms with Crippen molar-refractivity contribution in [2.45, 2.75) is 19.1 Å². The highest BCUT2D eigenvalue weighted by Gasteiger charge is 2.30. The molecular weight excluding hydrogens is 479 g/mol. The zero-order chi connectivity index (χ0) is 24.7. The number of hydrogen-bond donors (Lipinski definition) is 1. The molecule has 5 rings (SSSR count). The standard InChI is InChI=1S/C24H16F3N5O2S/c1-13(19-4-2-3-9-28-19)30-22(33)14-10-17-18-12-35-31-20(18)23(34)32(21(17)29-11-14)16-7-5-15(6-8-16)24(25,26)27/h2-13H,1H3,(H,30,33)/t13-/m0/s1. The molecule has 1 aromatic carbocycles. The Labute approximate surface area is 200 Å². The molecule has 11 heteroatoms. The lowest BCUT2D eigenvalue weighted by molar-refractivity contribution is -0.137. The first-order valence-electron chi connectivity index (χ1n) is 10.4. The second-order valence-corrected chi connectivity index (χ2v) is 8.44. The Kier molecular flexibility index (Phi) is 5.56. The quantitative estimate of drug-likeness (QED) is 0.383. The molecule has 35 heavy (non-hydrogen) atoms. The molecule has 0 aliphatic carbocycles. The summed E-state index contributed by atoms with van der Waals surface area (Å²) in [5.74, 6) is -0.388. The Balaban J connectivity index is 1.60. The van der Waals surface area contributed by atoms with Crippen molar-refractivity contribution in [3.63, 3.8) is 0 Å². The number of nitrogens with zero attached hydrogens (tertiary/aromatic N) is 4. The van der Waals surface area contributed by atoms with Gasteiger partial charge in [-0.05, 0) is 60.9 Å². The van der Waals surface area contributed by atoms with Gasteiger partial charge in [0.1, 0.15) is 5.65 Å². The van der Waals surface area contributed by atoms with Gasteiger partial charge in [0.05, 0.1) is 28.6 Å².